The molecule has 3 heteroatoms. The maximum Gasteiger partial charge on any atom is -0.000671 e. The highest BCUT2D eigenvalue weighted by Crippen LogP contribution is 2.13. The van der Waals surface area contributed by atoms with Crippen LogP contribution in [0.4, 0.5) is 0 Å². The van der Waals surface area contributed by atoms with Crippen molar-refractivity contribution in [1.29, 1.82) is 0 Å². The van der Waals surface area contributed by atoms with Gasteiger partial charge in [-0.1, -0.05) is 90.4 Å². The van der Waals surface area contributed by atoms with Crippen LogP contribution in [0.3, 0.4) is 0 Å². The van der Waals surface area contributed by atoms with Crippen LogP contribution < -0.4 is 11.5 Å². The first-order valence-corrected chi connectivity index (χ1v) is 11.5. The quantitative estimate of drug-likeness (QED) is 0.268. The summed E-state index contributed by atoms with van der Waals surface area (Å²) in [6.07, 6.45) is 22.2. The van der Waals surface area contributed by atoms with Crippen LogP contribution in [0.2, 0.25) is 0 Å². The Morgan fingerprint density at radius 2 is 0.760 bits per heavy atom. The molecule has 0 heterocycles. The Morgan fingerprint density at radius 3 is 1.12 bits per heavy atom. The second-order valence-corrected chi connectivity index (χ2v) is 7.72. The standard InChI is InChI=1S/C22H49N3/c1-2-3-4-5-6-7-8-9-10-11-12-13-14-15-20-25(21-16-18-23)22-17-19-24/h2-24H2,1H3. The summed E-state index contributed by atoms with van der Waals surface area (Å²) >= 11 is 0. The average Bonchev–Trinajstić information content (AvgIpc) is 2.63. The van der Waals surface area contributed by atoms with Gasteiger partial charge in [0, 0.05) is 0 Å². The summed E-state index contributed by atoms with van der Waals surface area (Å²) in [5.74, 6) is 0. The van der Waals surface area contributed by atoms with Gasteiger partial charge in [-0.15, -0.1) is 0 Å². The summed E-state index contributed by atoms with van der Waals surface area (Å²) in [4.78, 5) is 2.56. The number of hydrogen-bond acceptors (Lipinski definition) is 3. The fraction of sp³-hybridized carbons (Fsp3) is 1.00. The minimum Gasteiger partial charge on any atom is -0.330 e. The highest BCUT2D eigenvalue weighted by Gasteiger charge is 2.03. The van der Waals surface area contributed by atoms with Gasteiger partial charge in [0.05, 0.1) is 0 Å². The normalized spacial score (nSPS) is 11.5. The van der Waals surface area contributed by atoms with Crippen molar-refractivity contribution in [2.24, 2.45) is 11.5 Å². The Morgan fingerprint density at radius 1 is 0.440 bits per heavy atom. The van der Waals surface area contributed by atoms with Gasteiger partial charge < -0.3 is 16.4 Å². The third-order valence-corrected chi connectivity index (χ3v) is 5.18. The van der Waals surface area contributed by atoms with Crippen LogP contribution in [0.5, 0.6) is 0 Å². The number of rotatable bonds is 21. The van der Waals surface area contributed by atoms with Crippen LogP contribution in [0.15, 0.2) is 0 Å². The predicted molar refractivity (Wildman–Crippen MR) is 114 cm³/mol. The van der Waals surface area contributed by atoms with E-state index in [-0.39, 0.29) is 0 Å². The lowest BCUT2D eigenvalue weighted by Crippen LogP contribution is -2.29. The van der Waals surface area contributed by atoms with Gasteiger partial charge in [-0.2, -0.15) is 0 Å². The predicted octanol–water partition coefficient (Wildman–Crippen LogP) is 5.47. The van der Waals surface area contributed by atoms with E-state index in [2.05, 4.69) is 11.8 Å². The summed E-state index contributed by atoms with van der Waals surface area (Å²) in [7, 11) is 0. The summed E-state index contributed by atoms with van der Waals surface area (Å²) in [5.41, 5.74) is 11.3. The van der Waals surface area contributed by atoms with Crippen LogP contribution in [0.25, 0.3) is 0 Å². The molecule has 0 aliphatic heterocycles. The molecule has 0 amide bonds. The van der Waals surface area contributed by atoms with E-state index in [0.717, 1.165) is 39.0 Å². The van der Waals surface area contributed by atoms with Gasteiger partial charge in [0.2, 0.25) is 0 Å². The maximum atomic E-state index is 5.63. The van der Waals surface area contributed by atoms with Crippen LogP contribution in [0.1, 0.15) is 110 Å². The van der Waals surface area contributed by atoms with E-state index < -0.39 is 0 Å². The van der Waals surface area contributed by atoms with E-state index in [1.54, 1.807) is 0 Å². The van der Waals surface area contributed by atoms with Crippen molar-refractivity contribution < 1.29 is 0 Å². The Labute approximate surface area is 159 Å². The lowest BCUT2D eigenvalue weighted by Gasteiger charge is -2.21. The molecule has 0 spiro atoms. The summed E-state index contributed by atoms with van der Waals surface area (Å²) < 4.78 is 0. The number of nitrogens with zero attached hydrogens (tertiary/aromatic N) is 1. The van der Waals surface area contributed by atoms with Gasteiger partial charge in [-0.25, -0.2) is 0 Å². The lowest BCUT2D eigenvalue weighted by atomic mass is 10.0. The number of unbranched alkanes of at least 4 members (excludes halogenated alkanes) is 13. The molecule has 0 aromatic heterocycles. The molecule has 0 unspecified atom stereocenters. The fourth-order valence-electron chi connectivity index (χ4n) is 3.50. The van der Waals surface area contributed by atoms with Crippen molar-refractivity contribution in [3.8, 4) is 0 Å². The van der Waals surface area contributed by atoms with Crippen molar-refractivity contribution in [1.82, 2.24) is 4.90 Å². The van der Waals surface area contributed by atoms with Crippen LogP contribution >= 0.6 is 0 Å². The highest BCUT2D eigenvalue weighted by atomic mass is 15.1. The molecule has 0 fully saturated rings. The Balaban J connectivity index is 3.27. The second kappa shape index (κ2) is 21.9. The summed E-state index contributed by atoms with van der Waals surface area (Å²) in [6.45, 7) is 7.43. The van der Waals surface area contributed by atoms with Crippen molar-refractivity contribution in [3.05, 3.63) is 0 Å². The first-order chi connectivity index (χ1) is 12.3. The molecule has 0 aliphatic rings. The zero-order chi connectivity index (χ0) is 18.4. The number of nitrogens with two attached hydrogens (primary N) is 2. The maximum absolute atomic E-state index is 5.63. The van der Waals surface area contributed by atoms with E-state index >= 15 is 0 Å². The monoisotopic (exact) mass is 355 g/mol. The zero-order valence-corrected chi connectivity index (χ0v) is 17.5. The van der Waals surface area contributed by atoms with Gasteiger partial charge >= 0.3 is 0 Å². The molecular weight excluding hydrogens is 306 g/mol. The molecule has 0 aromatic carbocycles. The molecule has 0 bridgehead atoms. The molecule has 0 aromatic rings. The van der Waals surface area contributed by atoms with Crippen LogP contribution in [0, 0.1) is 0 Å². The van der Waals surface area contributed by atoms with Gasteiger partial charge in [-0.3, -0.25) is 0 Å². The molecule has 4 N–H and O–H groups in total. The molecule has 25 heavy (non-hydrogen) atoms. The van der Waals surface area contributed by atoms with E-state index in [1.807, 2.05) is 0 Å². The van der Waals surface area contributed by atoms with Gasteiger partial charge in [0.25, 0.3) is 0 Å². The first-order valence-electron chi connectivity index (χ1n) is 11.5. The molecule has 0 radical (unpaired) electrons. The van der Waals surface area contributed by atoms with Crippen molar-refractivity contribution in [3.63, 3.8) is 0 Å². The largest absolute Gasteiger partial charge is 0.330 e. The minimum absolute atomic E-state index is 0.803. The van der Waals surface area contributed by atoms with E-state index in [0.29, 0.717) is 0 Å². The van der Waals surface area contributed by atoms with Gasteiger partial charge in [-0.05, 0) is 52.0 Å². The van der Waals surface area contributed by atoms with E-state index in [1.165, 1.54) is 96.4 Å². The Bertz CT molecular complexity index is 225. The molecule has 0 aliphatic carbocycles. The first kappa shape index (κ1) is 24.9. The molecule has 3 nitrogen and oxygen atoms in total. The zero-order valence-electron chi connectivity index (χ0n) is 17.5. The topological polar surface area (TPSA) is 55.3 Å². The molecule has 0 saturated carbocycles. The third-order valence-electron chi connectivity index (χ3n) is 5.18. The molecule has 0 atom stereocenters. The second-order valence-electron chi connectivity index (χ2n) is 7.72. The van der Waals surface area contributed by atoms with Crippen molar-refractivity contribution in [2.45, 2.75) is 110 Å². The van der Waals surface area contributed by atoms with Crippen molar-refractivity contribution >= 4 is 0 Å². The Kier molecular flexibility index (Phi) is 21.8. The van der Waals surface area contributed by atoms with Gasteiger partial charge in [0.15, 0.2) is 0 Å². The third kappa shape index (κ3) is 20.0. The molecule has 152 valence electrons. The average molecular weight is 356 g/mol. The van der Waals surface area contributed by atoms with Crippen molar-refractivity contribution in [2.75, 3.05) is 32.7 Å². The van der Waals surface area contributed by atoms with Crippen LogP contribution in [-0.4, -0.2) is 37.6 Å². The van der Waals surface area contributed by atoms with Gasteiger partial charge in [0.1, 0.15) is 0 Å². The SMILES string of the molecule is CCCCCCCCCCCCCCCCN(CCCN)CCCN. The van der Waals surface area contributed by atoms with E-state index in [4.69, 9.17) is 11.5 Å². The molecule has 0 rings (SSSR count). The smallest absolute Gasteiger partial charge is 0.000671 e. The Hall–Kier alpha value is -0.120. The summed E-state index contributed by atoms with van der Waals surface area (Å²) in [6, 6.07) is 0. The van der Waals surface area contributed by atoms with E-state index in [9.17, 15) is 0 Å². The van der Waals surface area contributed by atoms with Crippen LogP contribution in [-0.2, 0) is 0 Å². The molecular formula is C22H49N3. The summed E-state index contributed by atoms with van der Waals surface area (Å²) in [5, 5.41) is 0. The fourth-order valence-corrected chi connectivity index (χ4v) is 3.50. The minimum atomic E-state index is 0.803. The highest BCUT2D eigenvalue weighted by molar-refractivity contribution is 4.60. The lowest BCUT2D eigenvalue weighted by molar-refractivity contribution is 0.263. The number of hydrogen-bond donors (Lipinski definition) is 2. The molecule has 0 saturated heterocycles.